The van der Waals surface area contributed by atoms with Gasteiger partial charge in [-0.1, -0.05) is 6.58 Å². The van der Waals surface area contributed by atoms with Gasteiger partial charge >= 0.3 is 0 Å². The summed E-state index contributed by atoms with van der Waals surface area (Å²) in [7, 11) is 1.88. The summed E-state index contributed by atoms with van der Waals surface area (Å²) in [6.45, 7) is 4.37. The van der Waals surface area contributed by atoms with Crippen LogP contribution in [0.5, 0.6) is 0 Å². The SMILES string of the molecule is C=CC(=O)N[C@@H]1CCN(C(=O)CC#N)C[C@@H]1N(C)c1ncnc2[nH]ccc12. The molecule has 9 heteroatoms. The second-order valence-corrected chi connectivity index (χ2v) is 6.40. The lowest BCUT2D eigenvalue weighted by Crippen LogP contribution is -2.60. The van der Waals surface area contributed by atoms with Gasteiger partial charge in [-0.05, 0) is 18.6 Å². The number of aromatic nitrogens is 3. The molecular formula is C18H21N7O2. The molecule has 0 unspecified atom stereocenters. The summed E-state index contributed by atoms with van der Waals surface area (Å²) >= 11 is 0. The van der Waals surface area contributed by atoms with Gasteiger partial charge in [0.2, 0.25) is 11.8 Å². The van der Waals surface area contributed by atoms with Crippen LogP contribution in [0.15, 0.2) is 31.2 Å². The Hall–Kier alpha value is -3.41. The van der Waals surface area contributed by atoms with E-state index in [1.165, 1.54) is 12.4 Å². The lowest BCUT2D eigenvalue weighted by Gasteiger charge is -2.43. The van der Waals surface area contributed by atoms with E-state index in [0.717, 1.165) is 5.39 Å². The van der Waals surface area contributed by atoms with E-state index in [4.69, 9.17) is 5.26 Å². The van der Waals surface area contributed by atoms with Crippen molar-refractivity contribution in [2.75, 3.05) is 25.0 Å². The van der Waals surface area contributed by atoms with Crippen molar-refractivity contribution < 1.29 is 9.59 Å². The maximum absolute atomic E-state index is 12.2. The fraction of sp³-hybridized carbons (Fsp3) is 0.389. The van der Waals surface area contributed by atoms with Crippen LogP contribution in [0.2, 0.25) is 0 Å². The molecule has 0 spiro atoms. The third kappa shape index (κ3) is 3.74. The van der Waals surface area contributed by atoms with Crippen LogP contribution in [-0.4, -0.2) is 63.9 Å². The van der Waals surface area contributed by atoms with E-state index in [9.17, 15) is 9.59 Å². The van der Waals surface area contributed by atoms with Gasteiger partial charge in [0.15, 0.2) is 0 Å². The molecule has 0 aliphatic carbocycles. The molecule has 0 aromatic carbocycles. The Bertz CT molecular complexity index is 900. The monoisotopic (exact) mass is 367 g/mol. The molecule has 2 amide bonds. The first-order valence-corrected chi connectivity index (χ1v) is 8.63. The van der Waals surface area contributed by atoms with Gasteiger partial charge in [0.1, 0.15) is 24.2 Å². The topological polar surface area (TPSA) is 118 Å². The molecule has 1 fully saturated rings. The number of carbonyl (C=O) groups excluding carboxylic acids is 2. The van der Waals surface area contributed by atoms with Crippen molar-refractivity contribution >= 4 is 28.7 Å². The van der Waals surface area contributed by atoms with Gasteiger partial charge in [-0.15, -0.1) is 0 Å². The smallest absolute Gasteiger partial charge is 0.243 e. The minimum Gasteiger partial charge on any atom is -0.352 e. The number of aromatic amines is 1. The number of fused-ring (bicyclic) bond motifs is 1. The average Bonchev–Trinajstić information content (AvgIpc) is 3.16. The van der Waals surface area contributed by atoms with Crippen LogP contribution in [0.4, 0.5) is 5.82 Å². The highest BCUT2D eigenvalue weighted by molar-refractivity contribution is 5.88. The molecule has 1 aliphatic heterocycles. The maximum atomic E-state index is 12.2. The molecule has 2 aromatic rings. The molecular weight excluding hydrogens is 346 g/mol. The van der Waals surface area contributed by atoms with E-state index in [1.54, 1.807) is 11.1 Å². The average molecular weight is 367 g/mol. The van der Waals surface area contributed by atoms with Crippen molar-refractivity contribution in [2.24, 2.45) is 0 Å². The number of nitrogens with zero attached hydrogens (tertiary/aromatic N) is 5. The molecule has 27 heavy (non-hydrogen) atoms. The highest BCUT2D eigenvalue weighted by Gasteiger charge is 2.35. The molecule has 3 heterocycles. The largest absolute Gasteiger partial charge is 0.352 e. The van der Waals surface area contributed by atoms with Gasteiger partial charge in [-0.2, -0.15) is 5.26 Å². The van der Waals surface area contributed by atoms with Gasteiger partial charge in [0, 0.05) is 26.3 Å². The minimum atomic E-state index is -0.260. The molecule has 2 atom stereocenters. The molecule has 1 saturated heterocycles. The van der Waals surface area contributed by atoms with Crippen LogP contribution < -0.4 is 10.2 Å². The molecule has 2 N–H and O–H groups in total. The molecule has 0 saturated carbocycles. The fourth-order valence-electron chi connectivity index (χ4n) is 3.44. The van der Waals surface area contributed by atoms with Crippen molar-refractivity contribution in [3.05, 3.63) is 31.2 Å². The van der Waals surface area contributed by atoms with E-state index >= 15 is 0 Å². The standard InChI is InChI=1S/C18H21N7O2/c1-3-15(26)23-13-6-9-25(16(27)4-7-19)10-14(13)24(2)18-12-5-8-20-17(12)21-11-22-18/h3,5,8,11,13-14H,1,4,6,9-10H2,2H3,(H,23,26)(H,20,21,22)/t13-,14+/m1/s1. The van der Waals surface area contributed by atoms with Gasteiger partial charge in [-0.25, -0.2) is 9.97 Å². The highest BCUT2D eigenvalue weighted by Crippen LogP contribution is 2.26. The first-order valence-electron chi connectivity index (χ1n) is 8.63. The first kappa shape index (κ1) is 18.4. The number of nitriles is 1. The van der Waals surface area contributed by atoms with Crippen LogP contribution in [0, 0.1) is 11.3 Å². The van der Waals surface area contributed by atoms with Crippen LogP contribution >= 0.6 is 0 Å². The quantitative estimate of drug-likeness (QED) is 0.747. The Labute approximate surface area is 156 Å². The van der Waals surface area contributed by atoms with Crippen molar-refractivity contribution in [3.63, 3.8) is 0 Å². The number of nitrogens with one attached hydrogen (secondary N) is 2. The number of hydrogen-bond donors (Lipinski definition) is 2. The predicted octanol–water partition coefficient (Wildman–Crippen LogP) is 0.579. The second-order valence-electron chi connectivity index (χ2n) is 6.40. The van der Waals surface area contributed by atoms with Gasteiger partial charge in [0.25, 0.3) is 0 Å². The summed E-state index contributed by atoms with van der Waals surface area (Å²) in [5.74, 6) is 0.238. The summed E-state index contributed by atoms with van der Waals surface area (Å²) in [5, 5.41) is 12.6. The predicted molar refractivity (Wildman–Crippen MR) is 99.6 cm³/mol. The summed E-state index contributed by atoms with van der Waals surface area (Å²) in [6, 6.07) is 3.40. The fourth-order valence-corrected chi connectivity index (χ4v) is 3.44. The molecule has 0 bridgehead atoms. The maximum Gasteiger partial charge on any atom is 0.243 e. The zero-order valence-electron chi connectivity index (χ0n) is 15.1. The van der Waals surface area contributed by atoms with E-state index in [0.29, 0.717) is 31.0 Å². The van der Waals surface area contributed by atoms with Crippen molar-refractivity contribution in [1.82, 2.24) is 25.2 Å². The van der Waals surface area contributed by atoms with E-state index < -0.39 is 0 Å². The van der Waals surface area contributed by atoms with Crippen molar-refractivity contribution in [3.8, 4) is 6.07 Å². The van der Waals surface area contributed by atoms with Crippen LogP contribution in [-0.2, 0) is 9.59 Å². The lowest BCUT2D eigenvalue weighted by atomic mass is 9.97. The first-order chi connectivity index (χ1) is 13.0. The van der Waals surface area contributed by atoms with Crippen LogP contribution in [0.1, 0.15) is 12.8 Å². The Morgan fingerprint density at radius 1 is 1.56 bits per heavy atom. The van der Waals surface area contributed by atoms with E-state index in [2.05, 4.69) is 26.8 Å². The third-order valence-corrected chi connectivity index (χ3v) is 4.84. The number of rotatable bonds is 5. The van der Waals surface area contributed by atoms with Crippen LogP contribution in [0.25, 0.3) is 11.0 Å². The number of likely N-dealkylation sites (N-methyl/N-ethyl adjacent to an activating group) is 1. The van der Waals surface area contributed by atoms with Gasteiger partial charge in [0.05, 0.1) is 23.5 Å². The summed E-state index contributed by atoms with van der Waals surface area (Å²) < 4.78 is 0. The Morgan fingerprint density at radius 2 is 2.37 bits per heavy atom. The zero-order chi connectivity index (χ0) is 19.4. The number of amides is 2. The van der Waals surface area contributed by atoms with Gasteiger partial charge < -0.3 is 20.1 Å². The molecule has 2 aromatic heterocycles. The lowest BCUT2D eigenvalue weighted by molar-refractivity contribution is -0.131. The van der Waals surface area contributed by atoms with Crippen molar-refractivity contribution in [2.45, 2.75) is 24.9 Å². The number of hydrogen-bond acceptors (Lipinski definition) is 6. The summed E-state index contributed by atoms with van der Waals surface area (Å²) in [4.78, 5) is 39.4. The Balaban J connectivity index is 1.90. The zero-order valence-corrected chi connectivity index (χ0v) is 15.1. The number of likely N-dealkylation sites (tertiary alicyclic amines) is 1. The number of H-pyrrole nitrogens is 1. The molecule has 1 aliphatic rings. The number of piperidine rings is 1. The van der Waals surface area contributed by atoms with Crippen molar-refractivity contribution in [1.29, 1.82) is 5.26 Å². The normalized spacial score (nSPS) is 19.3. The Kier molecular flexibility index (Phi) is 5.35. The number of anilines is 1. The Morgan fingerprint density at radius 3 is 3.11 bits per heavy atom. The van der Waals surface area contributed by atoms with E-state index in [-0.39, 0.29) is 30.3 Å². The third-order valence-electron chi connectivity index (χ3n) is 4.84. The van der Waals surface area contributed by atoms with Crippen LogP contribution in [0.3, 0.4) is 0 Å². The molecule has 140 valence electrons. The summed E-state index contributed by atoms with van der Waals surface area (Å²) in [5.41, 5.74) is 0.715. The second kappa shape index (κ2) is 7.86. The molecule has 3 rings (SSSR count). The molecule has 0 radical (unpaired) electrons. The molecule has 9 nitrogen and oxygen atoms in total. The minimum absolute atomic E-state index is 0.157. The summed E-state index contributed by atoms with van der Waals surface area (Å²) in [6.07, 6.45) is 4.92. The number of carbonyl (C=O) groups is 2. The highest BCUT2D eigenvalue weighted by atomic mass is 16.2. The van der Waals surface area contributed by atoms with Gasteiger partial charge in [-0.3, -0.25) is 9.59 Å². The van der Waals surface area contributed by atoms with E-state index in [1.807, 2.05) is 24.1 Å².